The minimum absolute atomic E-state index is 0.126. The Morgan fingerprint density at radius 1 is 0.974 bits per heavy atom. The number of halogens is 1. The third kappa shape index (κ3) is 5.22. The Bertz CT molecular complexity index is 1510. The van der Waals surface area contributed by atoms with Gasteiger partial charge in [-0.1, -0.05) is 91.7 Å². The maximum absolute atomic E-state index is 14.1. The molecule has 6 rings (SSSR count). The molecule has 1 unspecified atom stereocenters. The predicted molar refractivity (Wildman–Crippen MR) is 165 cm³/mol. The van der Waals surface area contributed by atoms with Crippen molar-refractivity contribution in [3.8, 4) is 0 Å². The summed E-state index contributed by atoms with van der Waals surface area (Å²) in [7, 11) is 0. The zero-order valence-electron chi connectivity index (χ0n) is 22.4. The monoisotopic (exact) mass is 555 g/mol. The molecule has 4 aromatic rings. The number of nitrogens with one attached hydrogen (secondary N) is 1. The van der Waals surface area contributed by atoms with E-state index in [4.69, 9.17) is 11.6 Å². The van der Waals surface area contributed by atoms with Gasteiger partial charge in [0.05, 0.1) is 4.91 Å². The standard InChI is InChI=1S/C33H34ClN3OS/c1-22-10-6-8-14-29(22)37-32(38)31(39-33(37)35-26-11-4-3-5-12-26)20-28-23(2)36(30-15-9-7-13-27(28)30)21-24-16-18-25(34)19-17-24/h3-5,7,9,11-13,15-20,22,29,33,35H,6,8,10,14,21H2,1-2H3/b31-20-/t22-,29-,33?/m1/s1. The van der Waals surface area contributed by atoms with Crippen molar-refractivity contribution in [2.75, 3.05) is 5.32 Å². The van der Waals surface area contributed by atoms with E-state index in [2.05, 4.69) is 83.2 Å². The van der Waals surface area contributed by atoms with Crippen LogP contribution in [0.5, 0.6) is 0 Å². The van der Waals surface area contributed by atoms with Crippen LogP contribution >= 0.6 is 23.4 Å². The molecular formula is C33H34ClN3OS. The van der Waals surface area contributed by atoms with Gasteiger partial charge in [-0.2, -0.15) is 0 Å². The minimum atomic E-state index is -0.126. The lowest BCUT2D eigenvalue weighted by Gasteiger charge is -2.39. The van der Waals surface area contributed by atoms with Crippen molar-refractivity contribution < 1.29 is 4.79 Å². The molecule has 39 heavy (non-hydrogen) atoms. The van der Waals surface area contributed by atoms with Crippen molar-refractivity contribution in [3.05, 3.63) is 106 Å². The minimum Gasteiger partial charge on any atom is -0.356 e. The maximum atomic E-state index is 14.1. The van der Waals surface area contributed by atoms with Crippen LogP contribution in [0, 0.1) is 12.8 Å². The molecule has 3 aromatic carbocycles. The molecule has 0 spiro atoms. The molecule has 0 radical (unpaired) electrons. The number of hydrogen-bond donors (Lipinski definition) is 1. The number of benzene rings is 3. The molecule has 1 aromatic heterocycles. The van der Waals surface area contributed by atoms with E-state index in [1.807, 2.05) is 30.3 Å². The molecule has 2 heterocycles. The Morgan fingerprint density at radius 3 is 2.46 bits per heavy atom. The Hall–Kier alpha value is -3.15. The highest BCUT2D eigenvalue weighted by Gasteiger charge is 2.43. The molecule has 1 N–H and O–H groups in total. The Balaban J connectivity index is 1.39. The molecule has 0 bridgehead atoms. The number of aromatic nitrogens is 1. The second-order valence-corrected chi connectivity index (χ2v) is 12.3. The van der Waals surface area contributed by atoms with Gasteiger partial charge in [-0.15, -0.1) is 0 Å². The summed E-state index contributed by atoms with van der Waals surface area (Å²) in [4.78, 5) is 17.0. The molecule has 1 amide bonds. The van der Waals surface area contributed by atoms with Crippen LogP contribution in [-0.2, 0) is 11.3 Å². The predicted octanol–water partition coefficient (Wildman–Crippen LogP) is 8.54. The fourth-order valence-electron chi connectivity index (χ4n) is 6.11. The molecule has 3 atom stereocenters. The summed E-state index contributed by atoms with van der Waals surface area (Å²) in [5.74, 6) is 0.631. The smallest absolute Gasteiger partial charge is 0.262 e. The van der Waals surface area contributed by atoms with Crippen LogP contribution in [-0.4, -0.2) is 26.9 Å². The van der Waals surface area contributed by atoms with Crippen molar-refractivity contribution in [2.45, 2.75) is 57.6 Å². The van der Waals surface area contributed by atoms with Crippen LogP contribution in [0.3, 0.4) is 0 Å². The number of amides is 1. The fourth-order valence-corrected chi connectivity index (χ4v) is 7.43. The summed E-state index contributed by atoms with van der Waals surface area (Å²) in [6.07, 6.45) is 6.80. The summed E-state index contributed by atoms with van der Waals surface area (Å²) in [6.45, 7) is 5.21. The molecule has 200 valence electrons. The second kappa shape index (κ2) is 11.1. The molecule has 2 fully saturated rings. The van der Waals surface area contributed by atoms with Crippen molar-refractivity contribution in [1.82, 2.24) is 9.47 Å². The van der Waals surface area contributed by atoms with Gasteiger partial charge >= 0.3 is 0 Å². The third-order valence-corrected chi connectivity index (χ3v) is 9.60. The van der Waals surface area contributed by atoms with Gasteiger partial charge in [-0.25, -0.2) is 0 Å². The number of para-hydroxylation sites is 2. The quantitative estimate of drug-likeness (QED) is 0.242. The average molecular weight is 556 g/mol. The number of carbonyl (C=O) groups is 1. The molecule has 2 aliphatic rings. The number of carbonyl (C=O) groups excluding carboxylic acids is 1. The number of fused-ring (bicyclic) bond motifs is 1. The molecule has 1 aliphatic heterocycles. The summed E-state index contributed by atoms with van der Waals surface area (Å²) < 4.78 is 2.34. The topological polar surface area (TPSA) is 37.3 Å². The van der Waals surface area contributed by atoms with E-state index in [-0.39, 0.29) is 17.4 Å². The van der Waals surface area contributed by atoms with E-state index in [1.165, 1.54) is 35.7 Å². The van der Waals surface area contributed by atoms with Crippen LogP contribution in [0.25, 0.3) is 17.0 Å². The van der Waals surface area contributed by atoms with E-state index >= 15 is 0 Å². The van der Waals surface area contributed by atoms with E-state index in [9.17, 15) is 4.79 Å². The highest BCUT2D eigenvalue weighted by Crippen LogP contribution is 2.43. The summed E-state index contributed by atoms with van der Waals surface area (Å²) in [6, 6.07) is 27.0. The van der Waals surface area contributed by atoms with E-state index < -0.39 is 0 Å². The van der Waals surface area contributed by atoms with E-state index in [1.54, 1.807) is 11.8 Å². The maximum Gasteiger partial charge on any atom is 0.262 e. The second-order valence-electron chi connectivity index (χ2n) is 10.8. The summed E-state index contributed by atoms with van der Waals surface area (Å²) in [5.41, 5.74) is 5.55. The summed E-state index contributed by atoms with van der Waals surface area (Å²) in [5, 5.41) is 5.57. The number of anilines is 1. The molecule has 1 saturated carbocycles. The third-order valence-electron chi connectivity index (χ3n) is 8.23. The molecular weight excluding hydrogens is 522 g/mol. The van der Waals surface area contributed by atoms with Gasteiger partial charge in [0.1, 0.15) is 0 Å². The first-order valence-corrected chi connectivity index (χ1v) is 15.1. The Labute approximate surface area is 240 Å². The van der Waals surface area contributed by atoms with Crippen molar-refractivity contribution in [2.24, 2.45) is 5.92 Å². The van der Waals surface area contributed by atoms with Crippen molar-refractivity contribution in [3.63, 3.8) is 0 Å². The van der Waals surface area contributed by atoms with Crippen molar-refractivity contribution >= 4 is 51.9 Å². The normalized spacial score (nSPS) is 22.6. The van der Waals surface area contributed by atoms with Crippen LogP contribution in [0.2, 0.25) is 5.02 Å². The Kier molecular flexibility index (Phi) is 7.46. The zero-order valence-corrected chi connectivity index (χ0v) is 24.0. The van der Waals surface area contributed by atoms with Crippen LogP contribution < -0.4 is 5.32 Å². The van der Waals surface area contributed by atoms with Gasteiger partial charge in [0, 0.05) is 45.5 Å². The molecule has 4 nitrogen and oxygen atoms in total. The highest BCUT2D eigenvalue weighted by molar-refractivity contribution is 8.05. The number of nitrogens with zero attached hydrogens (tertiary/aromatic N) is 2. The van der Waals surface area contributed by atoms with Gasteiger partial charge in [0.15, 0.2) is 5.50 Å². The van der Waals surface area contributed by atoms with Crippen molar-refractivity contribution in [1.29, 1.82) is 0 Å². The SMILES string of the molecule is Cc1c(/C=C2\SC(Nc3ccccc3)N([C@@H]3CCCC[C@H]3C)C2=O)c2ccccc2n1Cc1ccc(Cl)cc1. The van der Waals surface area contributed by atoms with E-state index in [0.717, 1.165) is 39.8 Å². The van der Waals surface area contributed by atoms with Gasteiger partial charge in [0.25, 0.3) is 5.91 Å². The van der Waals surface area contributed by atoms with Gasteiger partial charge in [-0.3, -0.25) is 4.79 Å². The van der Waals surface area contributed by atoms with Crippen LogP contribution in [0.15, 0.2) is 83.8 Å². The Morgan fingerprint density at radius 2 is 1.69 bits per heavy atom. The first kappa shape index (κ1) is 26.1. The lowest BCUT2D eigenvalue weighted by Crippen LogP contribution is -2.48. The number of rotatable bonds is 6. The van der Waals surface area contributed by atoms with Gasteiger partial charge < -0.3 is 14.8 Å². The van der Waals surface area contributed by atoms with Gasteiger partial charge in [0.2, 0.25) is 0 Å². The highest BCUT2D eigenvalue weighted by atomic mass is 35.5. The zero-order chi connectivity index (χ0) is 26.9. The van der Waals surface area contributed by atoms with Crippen LogP contribution in [0.1, 0.15) is 49.4 Å². The largest absolute Gasteiger partial charge is 0.356 e. The number of thioether (sulfide) groups is 1. The fraction of sp³-hybridized carbons (Fsp3) is 0.303. The molecule has 1 aliphatic carbocycles. The molecule has 6 heteroatoms. The van der Waals surface area contributed by atoms with Crippen LogP contribution in [0.4, 0.5) is 5.69 Å². The first-order chi connectivity index (χ1) is 19.0. The van der Waals surface area contributed by atoms with Gasteiger partial charge in [-0.05, 0) is 67.7 Å². The molecule has 1 saturated heterocycles. The number of hydrogen-bond acceptors (Lipinski definition) is 3. The van der Waals surface area contributed by atoms with E-state index in [0.29, 0.717) is 5.92 Å². The lowest BCUT2D eigenvalue weighted by atomic mass is 9.85. The first-order valence-electron chi connectivity index (χ1n) is 13.8. The lowest BCUT2D eigenvalue weighted by molar-refractivity contribution is -0.129. The summed E-state index contributed by atoms with van der Waals surface area (Å²) >= 11 is 7.78. The average Bonchev–Trinajstić information content (AvgIpc) is 3.39.